The van der Waals surface area contributed by atoms with Gasteiger partial charge in [-0.2, -0.15) is 35.1 Å². The molecule has 0 unspecified atom stereocenters. The first-order valence-corrected chi connectivity index (χ1v) is 6.52. The lowest BCUT2D eigenvalue weighted by atomic mass is 9.79. The second-order valence-electron chi connectivity index (χ2n) is 5.27. The normalized spacial score (nSPS) is 22.7. The third kappa shape index (κ3) is 1.83. The SMILES string of the molecule is FC1(F)c2ccc(-c3ccccn3)cc2C(F)(F)C(F)(F)C1(F)F. The maximum atomic E-state index is 13.9. The van der Waals surface area contributed by atoms with Crippen molar-refractivity contribution in [3.8, 4) is 11.3 Å². The number of benzene rings is 1. The lowest BCUT2D eigenvalue weighted by Gasteiger charge is -2.42. The number of rotatable bonds is 1. The number of alkyl halides is 8. The van der Waals surface area contributed by atoms with Gasteiger partial charge in [0, 0.05) is 22.9 Å². The number of nitrogens with zero attached hydrogens (tertiary/aromatic N) is 1. The van der Waals surface area contributed by atoms with Crippen LogP contribution in [0.3, 0.4) is 0 Å². The molecule has 1 aliphatic carbocycles. The molecule has 128 valence electrons. The first-order valence-electron chi connectivity index (χ1n) is 6.52. The maximum Gasteiger partial charge on any atom is 0.382 e. The minimum absolute atomic E-state index is 0.0417. The summed E-state index contributed by atoms with van der Waals surface area (Å²) in [5.41, 5.74) is -3.81. The van der Waals surface area contributed by atoms with Crippen LogP contribution in [0.25, 0.3) is 11.3 Å². The van der Waals surface area contributed by atoms with Gasteiger partial charge in [-0.1, -0.05) is 18.2 Å². The smallest absolute Gasteiger partial charge is 0.256 e. The zero-order valence-corrected chi connectivity index (χ0v) is 11.5. The molecule has 1 aromatic heterocycles. The van der Waals surface area contributed by atoms with Crippen molar-refractivity contribution in [3.63, 3.8) is 0 Å². The molecular formula is C15H7F8N. The average molecular weight is 353 g/mol. The van der Waals surface area contributed by atoms with E-state index in [-0.39, 0.29) is 11.3 Å². The molecule has 0 saturated heterocycles. The molecular weight excluding hydrogens is 346 g/mol. The van der Waals surface area contributed by atoms with Crippen molar-refractivity contribution in [3.05, 3.63) is 53.7 Å². The summed E-state index contributed by atoms with van der Waals surface area (Å²) in [7, 11) is 0. The number of aromatic nitrogens is 1. The van der Waals surface area contributed by atoms with Crippen LogP contribution >= 0.6 is 0 Å². The largest absolute Gasteiger partial charge is 0.382 e. The highest BCUT2D eigenvalue weighted by molar-refractivity contribution is 5.62. The second kappa shape index (κ2) is 4.67. The van der Waals surface area contributed by atoms with Crippen LogP contribution < -0.4 is 0 Å². The van der Waals surface area contributed by atoms with Crippen molar-refractivity contribution < 1.29 is 35.1 Å². The van der Waals surface area contributed by atoms with Gasteiger partial charge in [0.25, 0.3) is 0 Å². The van der Waals surface area contributed by atoms with Crippen LogP contribution in [0.1, 0.15) is 11.1 Å². The molecule has 0 spiro atoms. The third-order valence-electron chi connectivity index (χ3n) is 3.84. The fourth-order valence-corrected chi connectivity index (χ4v) is 2.50. The molecule has 3 rings (SSSR count). The minimum atomic E-state index is -6.25. The molecule has 0 aliphatic heterocycles. The van der Waals surface area contributed by atoms with Crippen molar-refractivity contribution in [1.82, 2.24) is 4.98 Å². The molecule has 2 aromatic rings. The van der Waals surface area contributed by atoms with E-state index in [1.54, 1.807) is 0 Å². The van der Waals surface area contributed by atoms with Crippen LogP contribution in [-0.2, 0) is 11.8 Å². The fraction of sp³-hybridized carbons (Fsp3) is 0.267. The van der Waals surface area contributed by atoms with Crippen molar-refractivity contribution >= 4 is 0 Å². The summed E-state index contributed by atoms with van der Waals surface area (Å²) in [5.74, 6) is -23.4. The molecule has 0 N–H and O–H groups in total. The Morgan fingerprint density at radius 1 is 0.667 bits per heavy atom. The minimum Gasteiger partial charge on any atom is -0.256 e. The van der Waals surface area contributed by atoms with Gasteiger partial charge in [0.15, 0.2) is 0 Å². The molecule has 0 atom stereocenters. The van der Waals surface area contributed by atoms with Crippen LogP contribution in [0.5, 0.6) is 0 Å². The Morgan fingerprint density at radius 3 is 1.79 bits per heavy atom. The summed E-state index contributed by atoms with van der Waals surface area (Å²) in [4.78, 5) is 3.78. The molecule has 9 heteroatoms. The van der Waals surface area contributed by atoms with E-state index in [2.05, 4.69) is 4.98 Å². The van der Waals surface area contributed by atoms with E-state index < -0.39 is 34.8 Å². The monoisotopic (exact) mass is 353 g/mol. The number of hydrogen-bond acceptors (Lipinski definition) is 1. The molecule has 1 nitrogen and oxygen atoms in total. The lowest BCUT2D eigenvalue weighted by molar-refractivity contribution is -0.386. The Bertz CT molecular complexity index is 785. The van der Waals surface area contributed by atoms with E-state index in [0.29, 0.717) is 12.1 Å². The van der Waals surface area contributed by atoms with E-state index in [4.69, 9.17) is 0 Å². The standard InChI is InChI=1S/C15H7F8N/c16-12(17)9-5-4-8(11-3-1-2-6-24-11)7-10(9)13(18,19)15(22,23)14(12,20)21/h1-7H. The Balaban J connectivity index is 2.30. The quantitative estimate of drug-likeness (QED) is 0.641. The molecule has 0 bridgehead atoms. The van der Waals surface area contributed by atoms with Crippen molar-refractivity contribution in [2.75, 3.05) is 0 Å². The number of hydrogen-bond donors (Lipinski definition) is 0. The topological polar surface area (TPSA) is 12.9 Å². The van der Waals surface area contributed by atoms with Gasteiger partial charge < -0.3 is 0 Å². The van der Waals surface area contributed by atoms with E-state index in [1.165, 1.54) is 24.4 Å². The molecule has 1 heterocycles. The van der Waals surface area contributed by atoms with Crippen molar-refractivity contribution in [1.29, 1.82) is 0 Å². The summed E-state index contributed by atoms with van der Waals surface area (Å²) in [5, 5.41) is 0. The van der Waals surface area contributed by atoms with E-state index >= 15 is 0 Å². The van der Waals surface area contributed by atoms with E-state index in [0.717, 1.165) is 6.07 Å². The highest BCUT2D eigenvalue weighted by atomic mass is 19.4. The fourth-order valence-electron chi connectivity index (χ4n) is 2.50. The third-order valence-corrected chi connectivity index (χ3v) is 3.84. The van der Waals surface area contributed by atoms with E-state index in [1.807, 2.05) is 0 Å². The van der Waals surface area contributed by atoms with Gasteiger partial charge in [0.2, 0.25) is 0 Å². The number of fused-ring (bicyclic) bond motifs is 1. The van der Waals surface area contributed by atoms with Gasteiger partial charge in [-0.15, -0.1) is 0 Å². The van der Waals surface area contributed by atoms with Crippen LogP contribution in [0.2, 0.25) is 0 Å². The Hall–Kier alpha value is -2.19. The van der Waals surface area contributed by atoms with Gasteiger partial charge >= 0.3 is 23.7 Å². The summed E-state index contributed by atoms with van der Waals surface area (Å²) in [6, 6.07) is 5.76. The van der Waals surface area contributed by atoms with Crippen LogP contribution in [-0.4, -0.2) is 16.8 Å². The van der Waals surface area contributed by atoms with Crippen LogP contribution in [0, 0.1) is 0 Å². The first-order chi connectivity index (χ1) is 10.9. The van der Waals surface area contributed by atoms with Crippen molar-refractivity contribution in [2.24, 2.45) is 0 Å². The summed E-state index contributed by atoms with van der Waals surface area (Å²) in [6.07, 6.45) is 1.27. The highest BCUT2D eigenvalue weighted by Crippen LogP contribution is 2.64. The van der Waals surface area contributed by atoms with Crippen molar-refractivity contribution in [2.45, 2.75) is 23.7 Å². The Labute approximate surface area is 129 Å². The van der Waals surface area contributed by atoms with E-state index in [9.17, 15) is 35.1 Å². The zero-order valence-electron chi connectivity index (χ0n) is 11.5. The second-order valence-corrected chi connectivity index (χ2v) is 5.27. The summed E-state index contributed by atoms with van der Waals surface area (Å²) >= 11 is 0. The molecule has 0 fully saturated rings. The van der Waals surface area contributed by atoms with Crippen LogP contribution in [0.4, 0.5) is 35.1 Å². The van der Waals surface area contributed by atoms with Gasteiger partial charge in [-0.3, -0.25) is 4.98 Å². The van der Waals surface area contributed by atoms with Gasteiger partial charge in [0.1, 0.15) is 0 Å². The molecule has 0 amide bonds. The molecule has 0 saturated carbocycles. The number of pyridine rings is 1. The van der Waals surface area contributed by atoms with Gasteiger partial charge in [-0.05, 0) is 18.2 Å². The lowest BCUT2D eigenvalue weighted by Crippen LogP contribution is -2.63. The maximum absolute atomic E-state index is 13.9. The highest BCUT2D eigenvalue weighted by Gasteiger charge is 2.85. The Kier molecular flexibility index (Phi) is 3.24. The first kappa shape index (κ1) is 16.7. The molecule has 1 aromatic carbocycles. The Morgan fingerprint density at radius 2 is 1.25 bits per heavy atom. The predicted molar refractivity (Wildman–Crippen MR) is 67.4 cm³/mol. The molecule has 24 heavy (non-hydrogen) atoms. The van der Waals surface area contributed by atoms with Gasteiger partial charge in [0.05, 0.1) is 5.69 Å². The molecule has 0 radical (unpaired) electrons. The zero-order chi connectivity index (χ0) is 18.0. The average Bonchev–Trinajstić information content (AvgIpc) is 2.53. The summed E-state index contributed by atoms with van der Waals surface area (Å²) < 4.78 is 109. The predicted octanol–water partition coefficient (Wildman–Crippen LogP) is 5.22. The van der Waals surface area contributed by atoms with Crippen LogP contribution in [0.15, 0.2) is 42.6 Å². The van der Waals surface area contributed by atoms with Gasteiger partial charge in [-0.25, -0.2) is 0 Å². The molecule has 1 aliphatic rings. The number of halogens is 8. The summed E-state index contributed by atoms with van der Waals surface area (Å²) in [6.45, 7) is 0.